The molecule has 4 rings (SSSR count). The lowest BCUT2D eigenvalue weighted by atomic mass is 10.0. The molecule has 0 aliphatic carbocycles. The summed E-state index contributed by atoms with van der Waals surface area (Å²) in [6, 6.07) is 13.2. The van der Waals surface area contributed by atoms with Crippen LogP contribution in [0.15, 0.2) is 60.4 Å². The summed E-state index contributed by atoms with van der Waals surface area (Å²) >= 11 is 0. The van der Waals surface area contributed by atoms with Gasteiger partial charge in [0.15, 0.2) is 11.5 Å². The van der Waals surface area contributed by atoms with Gasteiger partial charge in [0.25, 0.3) is 0 Å². The van der Waals surface area contributed by atoms with Crippen LogP contribution in [0.5, 0.6) is 11.5 Å². The molecule has 28 heavy (non-hydrogen) atoms. The molecular weight excluding hydrogens is 352 g/mol. The average molecular weight is 378 g/mol. The third kappa shape index (κ3) is 3.86. The van der Waals surface area contributed by atoms with Crippen LogP contribution in [0, 0.1) is 0 Å². The predicted molar refractivity (Wildman–Crippen MR) is 108 cm³/mol. The van der Waals surface area contributed by atoms with Crippen molar-refractivity contribution in [3.63, 3.8) is 0 Å². The predicted octanol–water partition coefficient (Wildman–Crippen LogP) is 0.478. The molecule has 5 nitrogen and oxygen atoms in total. The first kappa shape index (κ1) is 18.5. The van der Waals surface area contributed by atoms with Crippen LogP contribution < -0.4 is 14.5 Å². The fourth-order valence-electron chi connectivity index (χ4n) is 3.75. The fraction of sp³-hybridized carbons (Fsp3) is 0.261. The number of hydrogen-bond donors (Lipinski definition) is 3. The smallest absolute Gasteiger partial charge is 0.231 e. The van der Waals surface area contributed by atoms with Gasteiger partial charge < -0.3 is 19.6 Å². The zero-order chi connectivity index (χ0) is 19.5. The summed E-state index contributed by atoms with van der Waals surface area (Å²) in [5, 5.41) is 10.4. The second kappa shape index (κ2) is 8.00. The second-order valence-electron chi connectivity index (χ2n) is 7.56. The Morgan fingerprint density at radius 3 is 2.57 bits per heavy atom. The van der Waals surface area contributed by atoms with Gasteiger partial charge in [0, 0.05) is 0 Å². The summed E-state index contributed by atoms with van der Waals surface area (Å²) < 4.78 is 5.91. The van der Waals surface area contributed by atoms with Gasteiger partial charge in [-0.05, 0) is 23.8 Å². The number of carbonyl (C=O) groups excluding carboxylic acids is 1. The standard InChI is InChI=1S/C23H24N2O3/c1-24-12-14-25(15-13-24)16-19-20(26)11-10-18-22(27)21(28-23(18)19)9-5-8-17-6-3-2-4-7-17/h2-11,26H,12-16H2,1H3/p+2/b8-5+,21-9-. The maximum Gasteiger partial charge on any atom is 0.231 e. The molecule has 0 unspecified atom stereocenters. The Bertz CT molecular complexity index is 926. The van der Waals surface area contributed by atoms with Crippen molar-refractivity contribution in [2.45, 2.75) is 6.54 Å². The van der Waals surface area contributed by atoms with Crippen molar-refractivity contribution in [2.24, 2.45) is 0 Å². The van der Waals surface area contributed by atoms with Gasteiger partial charge >= 0.3 is 0 Å². The number of quaternary nitrogens is 2. The summed E-state index contributed by atoms with van der Waals surface area (Å²) in [5.41, 5.74) is 2.32. The van der Waals surface area contributed by atoms with Gasteiger partial charge in [-0.1, -0.05) is 42.5 Å². The van der Waals surface area contributed by atoms with Crippen LogP contribution >= 0.6 is 0 Å². The van der Waals surface area contributed by atoms with E-state index in [0.29, 0.717) is 23.6 Å². The lowest BCUT2D eigenvalue weighted by Crippen LogP contribution is -3.26. The van der Waals surface area contributed by atoms with Gasteiger partial charge in [-0.25, -0.2) is 0 Å². The largest absolute Gasteiger partial charge is 0.507 e. The highest BCUT2D eigenvalue weighted by Gasteiger charge is 2.33. The number of carbonyl (C=O) groups is 1. The summed E-state index contributed by atoms with van der Waals surface area (Å²) in [7, 11) is 2.20. The number of phenols is 1. The van der Waals surface area contributed by atoms with Crippen LogP contribution in [0.1, 0.15) is 21.5 Å². The molecule has 144 valence electrons. The van der Waals surface area contributed by atoms with Crippen LogP contribution in [0.2, 0.25) is 0 Å². The van der Waals surface area contributed by atoms with Crippen molar-refractivity contribution < 1.29 is 24.4 Å². The first-order valence-corrected chi connectivity index (χ1v) is 9.77. The first-order chi connectivity index (χ1) is 13.6. The van der Waals surface area contributed by atoms with Gasteiger partial charge in [-0.2, -0.15) is 0 Å². The Morgan fingerprint density at radius 1 is 1.07 bits per heavy atom. The number of phenolic OH excluding ortho intramolecular Hbond substituents is 1. The Morgan fingerprint density at radius 2 is 1.82 bits per heavy atom. The molecule has 5 heteroatoms. The van der Waals surface area contributed by atoms with Crippen molar-refractivity contribution in [3.05, 3.63) is 77.1 Å². The average Bonchev–Trinajstić information content (AvgIpc) is 3.02. The Hall–Kier alpha value is -2.89. The third-order valence-corrected chi connectivity index (χ3v) is 5.49. The number of rotatable bonds is 4. The number of ether oxygens (including phenoxy) is 1. The molecule has 2 heterocycles. The molecule has 3 N–H and O–H groups in total. The van der Waals surface area contributed by atoms with Crippen LogP contribution in [0.25, 0.3) is 6.08 Å². The number of aromatic hydroxyl groups is 1. The molecule has 1 saturated heterocycles. The third-order valence-electron chi connectivity index (χ3n) is 5.49. The quantitative estimate of drug-likeness (QED) is 0.679. The minimum atomic E-state index is -0.133. The number of allylic oxidation sites excluding steroid dienone is 3. The molecule has 0 saturated carbocycles. The number of hydrogen-bond acceptors (Lipinski definition) is 3. The highest BCUT2D eigenvalue weighted by atomic mass is 16.5. The topological polar surface area (TPSA) is 55.4 Å². The summed E-state index contributed by atoms with van der Waals surface area (Å²) in [6.07, 6.45) is 5.45. The fourth-order valence-corrected chi connectivity index (χ4v) is 3.75. The van der Waals surface area contributed by atoms with Crippen molar-refractivity contribution in [3.8, 4) is 11.5 Å². The SMILES string of the molecule is C[NH+]1CC[NH+](Cc2c(O)ccc3c2O/C(=C\C=C\c2ccccc2)C3=O)CC1. The summed E-state index contributed by atoms with van der Waals surface area (Å²) in [4.78, 5) is 15.7. The lowest BCUT2D eigenvalue weighted by Gasteiger charge is -2.27. The van der Waals surface area contributed by atoms with Crippen molar-refractivity contribution in [2.75, 3.05) is 33.2 Å². The normalized spacial score (nSPS) is 23.2. The van der Waals surface area contributed by atoms with Crippen LogP contribution in [0.4, 0.5) is 0 Å². The number of fused-ring (bicyclic) bond motifs is 1. The first-order valence-electron chi connectivity index (χ1n) is 9.77. The molecule has 2 aliphatic heterocycles. The number of Topliss-reactive ketones (excluding diaryl/α,β-unsaturated/α-hetero) is 1. The molecular formula is C23H26N2O3+2. The van der Waals surface area contributed by atoms with Gasteiger partial charge in [0.2, 0.25) is 5.78 Å². The van der Waals surface area contributed by atoms with Gasteiger partial charge in [-0.15, -0.1) is 0 Å². The van der Waals surface area contributed by atoms with Crippen molar-refractivity contribution >= 4 is 11.9 Å². The summed E-state index contributed by atoms with van der Waals surface area (Å²) in [5.74, 6) is 0.883. The van der Waals surface area contributed by atoms with Gasteiger partial charge in [0.1, 0.15) is 38.5 Å². The molecule has 2 aromatic carbocycles. The Labute approximate surface area is 165 Å². The Kier molecular flexibility index (Phi) is 5.28. The van der Waals surface area contributed by atoms with E-state index in [0.717, 1.165) is 37.3 Å². The molecule has 0 aromatic heterocycles. The maximum absolute atomic E-state index is 12.7. The maximum atomic E-state index is 12.7. The number of ketones is 1. The minimum absolute atomic E-state index is 0.133. The van der Waals surface area contributed by atoms with Crippen LogP contribution in [0.3, 0.4) is 0 Å². The molecule has 2 aromatic rings. The summed E-state index contributed by atoms with van der Waals surface area (Å²) in [6.45, 7) is 4.99. The minimum Gasteiger partial charge on any atom is -0.507 e. The lowest BCUT2D eigenvalue weighted by molar-refractivity contribution is -1.01. The Balaban J connectivity index is 1.54. The van der Waals surface area contributed by atoms with Crippen molar-refractivity contribution in [1.82, 2.24) is 0 Å². The monoisotopic (exact) mass is 378 g/mol. The van der Waals surface area contributed by atoms with E-state index in [1.807, 2.05) is 42.5 Å². The molecule has 1 fully saturated rings. The van der Waals surface area contributed by atoms with E-state index in [4.69, 9.17) is 4.74 Å². The van der Waals surface area contributed by atoms with E-state index in [2.05, 4.69) is 7.05 Å². The number of piperazine rings is 1. The zero-order valence-electron chi connectivity index (χ0n) is 16.1. The van der Waals surface area contributed by atoms with E-state index < -0.39 is 0 Å². The number of benzene rings is 2. The molecule has 0 atom stereocenters. The zero-order valence-corrected chi connectivity index (χ0v) is 16.1. The van der Waals surface area contributed by atoms with E-state index >= 15 is 0 Å². The number of likely N-dealkylation sites (N-methyl/N-ethyl adjacent to an activating group) is 1. The van der Waals surface area contributed by atoms with Gasteiger partial charge in [0.05, 0.1) is 18.2 Å². The van der Waals surface area contributed by atoms with Crippen LogP contribution in [-0.4, -0.2) is 44.1 Å². The van der Waals surface area contributed by atoms with Crippen LogP contribution in [-0.2, 0) is 6.54 Å². The highest BCUT2D eigenvalue weighted by Crippen LogP contribution is 2.38. The molecule has 0 bridgehead atoms. The van der Waals surface area contributed by atoms with E-state index in [-0.39, 0.29) is 11.5 Å². The second-order valence-corrected chi connectivity index (χ2v) is 7.56. The van der Waals surface area contributed by atoms with E-state index in [1.165, 1.54) is 9.80 Å². The molecule has 2 aliphatic rings. The van der Waals surface area contributed by atoms with Crippen molar-refractivity contribution in [1.29, 1.82) is 0 Å². The number of nitrogens with one attached hydrogen (secondary N) is 2. The molecule has 0 amide bonds. The molecule has 0 radical (unpaired) electrons. The highest BCUT2D eigenvalue weighted by molar-refractivity contribution is 6.12. The molecule has 0 spiro atoms. The van der Waals surface area contributed by atoms with E-state index in [9.17, 15) is 9.90 Å². The van der Waals surface area contributed by atoms with E-state index in [1.54, 1.807) is 18.2 Å². The van der Waals surface area contributed by atoms with Gasteiger partial charge in [-0.3, -0.25) is 4.79 Å².